The number of hydrogen-bond donors (Lipinski definition) is 0. The van der Waals surface area contributed by atoms with Crippen molar-refractivity contribution < 1.29 is 9.21 Å². The maximum atomic E-state index is 12.7. The van der Waals surface area contributed by atoms with Crippen LogP contribution in [0.1, 0.15) is 42.6 Å². The Balaban J connectivity index is 1.81. The van der Waals surface area contributed by atoms with Gasteiger partial charge in [-0.3, -0.25) is 9.48 Å². The lowest BCUT2D eigenvalue weighted by atomic mass is 9.94. The molecule has 0 atom stereocenters. The van der Waals surface area contributed by atoms with Gasteiger partial charge in [0.25, 0.3) is 5.91 Å². The molecule has 0 saturated heterocycles. The summed E-state index contributed by atoms with van der Waals surface area (Å²) in [4.78, 5) is 14.6. The van der Waals surface area contributed by atoms with E-state index < -0.39 is 0 Å². The standard InChI is InChI=1S/C16H21N3O2/c1-18(12-7-4-3-5-8-12)16(20)14-11-13(17-19(14)2)15-9-6-10-21-15/h6,9-12H,3-5,7-8H2,1-2H3. The molecule has 1 saturated carbocycles. The van der Waals surface area contributed by atoms with Crippen molar-refractivity contribution >= 4 is 5.91 Å². The fourth-order valence-electron chi connectivity index (χ4n) is 3.03. The molecule has 0 aliphatic heterocycles. The first-order chi connectivity index (χ1) is 10.2. The molecule has 5 heteroatoms. The zero-order valence-electron chi connectivity index (χ0n) is 12.6. The molecule has 0 N–H and O–H groups in total. The highest BCUT2D eigenvalue weighted by Gasteiger charge is 2.25. The zero-order chi connectivity index (χ0) is 14.8. The van der Waals surface area contributed by atoms with Crippen molar-refractivity contribution in [2.24, 2.45) is 7.05 Å². The van der Waals surface area contributed by atoms with Crippen molar-refractivity contribution in [2.75, 3.05) is 7.05 Å². The van der Waals surface area contributed by atoms with Crippen molar-refractivity contribution in [1.29, 1.82) is 0 Å². The second-order valence-corrected chi connectivity index (χ2v) is 5.72. The molecule has 2 heterocycles. The summed E-state index contributed by atoms with van der Waals surface area (Å²) in [5.74, 6) is 0.722. The SMILES string of the molecule is CN(C(=O)c1cc(-c2ccco2)nn1C)C1CCCCC1. The number of aryl methyl sites for hydroxylation is 1. The monoisotopic (exact) mass is 287 g/mol. The van der Waals surface area contributed by atoms with Gasteiger partial charge >= 0.3 is 0 Å². The van der Waals surface area contributed by atoms with Crippen LogP contribution in [-0.2, 0) is 7.05 Å². The lowest BCUT2D eigenvalue weighted by molar-refractivity contribution is 0.0685. The topological polar surface area (TPSA) is 51.3 Å². The van der Waals surface area contributed by atoms with Gasteiger partial charge in [-0.05, 0) is 25.0 Å². The van der Waals surface area contributed by atoms with Crippen molar-refractivity contribution in [3.05, 3.63) is 30.2 Å². The molecule has 2 aromatic heterocycles. The lowest BCUT2D eigenvalue weighted by Gasteiger charge is -2.31. The maximum Gasteiger partial charge on any atom is 0.272 e. The summed E-state index contributed by atoms with van der Waals surface area (Å²) in [5.41, 5.74) is 1.30. The normalized spacial score (nSPS) is 16.1. The molecule has 0 radical (unpaired) electrons. The largest absolute Gasteiger partial charge is 0.463 e. The summed E-state index contributed by atoms with van der Waals surface area (Å²) in [6.07, 6.45) is 7.53. The quantitative estimate of drug-likeness (QED) is 0.871. The summed E-state index contributed by atoms with van der Waals surface area (Å²) in [5, 5.41) is 4.38. The van der Waals surface area contributed by atoms with Gasteiger partial charge in [0.1, 0.15) is 11.4 Å². The molecule has 0 bridgehead atoms. The van der Waals surface area contributed by atoms with Crippen LogP contribution in [0, 0.1) is 0 Å². The first-order valence-corrected chi connectivity index (χ1v) is 7.52. The molecule has 1 amide bonds. The Kier molecular flexibility index (Phi) is 3.82. The van der Waals surface area contributed by atoms with Crippen molar-refractivity contribution in [3.8, 4) is 11.5 Å². The van der Waals surface area contributed by atoms with E-state index in [-0.39, 0.29) is 5.91 Å². The van der Waals surface area contributed by atoms with Gasteiger partial charge in [-0.25, -0.2) is 0 Å². The van der Waals surface area contributed by atoms with Crippen LogP contribution in [0.4, 0.5) is 0 Å². The van der Waals surface area contributed by atoms with E-state index in [1.165, 1.54) is 19.3 Å². The number of amides is 1. The van der Waals surface area contributed by atoms with E-state index in [1.807, 2.05) is 24.1 Å². The molecule has 1 aliphatic carbocycles. The Morgan fingerprint density at radius 1 is 1.38 bits per heavy atom. The molecular formula is C16H21N3O2. The Morgan fingerprint density at radius 3 is 2.81 bits per heavy atom. The van der Waals surface area contributed by atoms with Gasteiger partial charge in [0.15, 0.2) is 5.76 Å². The number of carbonyl (C=O) groups is 1. The summed E-state index contributed by atoms with van der Waals surface area (Å²) < 4.78 is 6.98. The molecule has 0 spiro atoms. The van der Waals surface area contributed by atoms with Crippen molar-refractivity contribution in [2.45, 2.75) is 38.1 Å². The fourth-order valence-corrected chi connectivity index (χ4v) is 3.03. The molecule has 112 valence electrons. The Morgan fingerprint density at radius 2 is 2.14 bits per heavy atom. The first kappa shape index (κ1) is 13.9. The minimum Gasteiger partial charge on any atom is -0.463 e. The number of aromatic nitrogens is 2. The highest BCUT2D eigenvalue weighted by Crippen LogP contribution is 2.24. The van der Waals surface area contributed by atoms with E-state index in [9.17, 15) is 4.79 Å². The van der Waals surface area contributed by atoms with Crippen LogP contribution in [-0.4, -0.2) is 33.7 Å². The van der Waals surface area contributed by atoms with Crippen molar-refractivity contribution in [3.63, 3.8) is 0 Å². The van der Waals surface area contributed by atoms with Crippen LogP contribution in [0.3, 0.4) is 0 Å². The highest BCUT2D eigenvalue weighted by atomic mass is 16.3. The minimum absolute atomic E-state index is 0.0368. The maximum absolute atomic E-state index is 12.7. The van der Waals surface area contributed by atoms with Crippen LogP contribution in [0.15, 0.2) is 28.9 Å². The highest BCUT2D eigenvalue weighted by molar-refractivity contribution is 5.93. The van der Waals surface area contributed by atoms with E-state index in [4.69, 9.17) is 4.42 Å². The number of rotatable bonds is 3. The third-order valence-electron chi connectivity index (χ3n) is 4.32. The van der Waals surface area contributed by atoms with Gasteiger partial charge in [-0.1, -0.05) is 19.3 Å². The summed E-state index contributed by atoms with van der Waals surface area (Å²) >= 11 is 0. The van der Waals surface area contributed by atoms with Gasteiger partial charge in [0.2, 0.25) is 0 Å². The van der Waals surface area contributed by atoms with Gasteiger partial charge in [-0.2, -0.15) is 5.10 Å². The molecule has 5 nitrogen and oxygen atoms in total. The molecular weight excluding hydrogens is 266 g/mol. The van der Waals surface area contributed by atoms with Gasteiger partial charge in [0, 0.05) is 26.2 Å². The Labute approximate surface area is 124 Å². The molecule has 0 aromatic carbocycles. The molecule has 0 unspecified atom stereocenters. The van der Waals surface area contributed by atoms with E-state index in [2.05, 4.69) is 5.10 Å². The molecule has 1 fully saturated rings. The van der Waals surface area contributed by atoms with Crippen LogP contribution < -0.4 is 0 Å². The Hall–Kier alpha value is -2.04. The fraction of sp³-hybridized carbons (Fsp3) is 0.500. The smallest absolute Gasteiger partial charge is 0.272 e. The number of nitrogens with zero attached hydrogens (tertiary/aromatic N) is 3. The third-order valence-corrected chi connectivity index (χ3v) is 4.32. The second-order valence-electron chi connectivity index (χ2n) is 5.72. The predicted molar refractivity (Wildman–Crippen MR) is 79.9 cm³/mol. The molecule has 1 aliphatic rings. The van der Waals surface area contributed by atoms with E-state index >= 15 is 0 Å². The van der Waals surface area contributed by atoms with Crippen LogP contribution in [0.25, 0.3) is 11.5 Å². The van der Waals surface area contributed by atoms with Crippen LogP contribution >= 0.6 is 0 Å². The van der Waals surface area contributed by atoms with Crippen LogP contribution in [0.2, 0.25) is 0 Å². The average molecular weight is 287 g/mol. The van der Waals surface area contributed by atoms with Crippen molar-refractivity contribution in [1.82, 2.24) is 14.7 Å². The summed E-state index contributed by atoms with van der Waals surface area (Å²) in [7, 11) is 3.70. The summed E-state index contributed by atoms with van der Waals surface area (Å²) in [6, 6.07) is 5.83. The second kappa shape index (κ2) is 5.76. The number of carbonyl (C=O) groups excluding carboxylic acids is 1. The van der Waals surface area contributed by atoms with Gasteiger partial charge in [-0.15, -0.1) is 0 Å². The summed E-state index contributed by atoms with van der Waals surface area (Å²) in [6.45, 7) is 0. The van der Waals surface area contributed by atoms with Crippen LogP contribution in [0.5, 0.6) is 0 Å². The number of hydrogen-bond acceptors (Lipinski definition) is 3. The Bertz CT molecular complexity index is 610. The van der Waals surface area contributed by atoms with Gasteiger partial charge < -0.3 is 9.32 Å². The predicted octanol–water partition coefficient (Wildman–Crippen LogP) is 3.08. The molecule has 3 rings (SSSR count). The lowest BCUT2D eigenvalue weighted by Crippen LogP contribution is -2.39. The van der Waals surface area contributed by atoms with E-state index in [0.717, 1.165) is 12.8 Å². The average Bonchev–Trinajstić information content (AvgIpc) is 3.16. The first-order valence-electron chi connectivity index (χ1n) is 7.52. The molecule has 2 aromatic rings. The van der Waals surface area contributed by atoms with E-state index in [1.54, 1.807) is 24.1 Å². The zero-order valence-corrected chi connectivity index (χ0v) is 12.6. The van der Waals surface area contributed by atoms with E-state index in [0.29, 0.717) is 23.2 Å². The van der Waals surface area contributed by atoms with Gasteiger partial charge in [0.05, 0.1) is 6.26 Å². The molecule has 21 heavy (non-hydrogen) atoms. The third kappa shape index (κ3) is 2.73. The number of furan rings is 1. The minimum atomic E-state index is 0.0368.